The lowest BCUT2D eigenvalue weighted by molar-refractivity contribution is -0.161. The van der Waals surface area contributed by atoms with E-state index in [4.69, 9.17) is 9.47 Å². The van der Waals surface area contributed by atoms with E-state index in [0.29, 0.717) is 12.8 Å². The Balaban J connectivity index is 3.59. The van der Waals surface area contributed by atoms with Gasteiger partial charge in [-0.25, -0.2) is 0 Å². The van der Waals surface area contributed by atoms with Gasteiger partial charge in [0.2, 0.25) is 0 Å². The van der Waals surface area contributed by atoms with E-state index in [-0.39, 0.29) is 25.2 Å². The molecule has 0 aromatic carbocycles. The Hall–Kier alpha value is -2.40. The van der Waals surface area contributed by atoms with E-state index in [2.05, 4.69) is 74.6 Å². The second-order valence-electron chi connectivity index (χ2n) is 13.0. The lowest BCUT2D eigenvalue weighted by Crippen LogP contribution is -2.28. The third-order valence-corrected chi connectivity index (χ3v) is 8.30. The summed E-state index contributed by atoms with van der Waals surface area (Å²) in [5.74, 6) is -0.618. The van der Waals surface area contributed by atoms with Crippen LogP contribution in [-0.4, -0.2) is 36.4 Å². The number of allylic oxidation sites excluding steroid dienone is 10. The van der Waals surface area contributed by atoms with Gasteiger partial charge < -0.3 is 14.6 Å². The molecule has 276 valence electrons. The zero-order valence-corrected chi connectivity index (χ0v) is 31.2. The average Bonchev–Trinajstić information content (AvgIpc) is 3.09. The zero-order valence-electron chi connectivity index (χ0n) is 31.2. The molecule has 5 heteroatoms. The summed E-state index contributed by atoms with van der Waals surface area (Å²) >= 11 is 0. The highest BCUT2D eigenvalue weighted by atomic mass is 16.6. The largest absolute Gasteiger partial charge is 0.462 e. The molecule has 0 aliphatic heterocycles. The second-order valence-corrected chi connectivity index (χ2v) is 13.0. The van der Waals surface area contributed by atoms with Crippen molar-refractivity contribution in [3.05, 3.63) is 60.8 Å². The summed E-state index contributed by atoms with van der Waals surface area (Å²) < 4.78 is 10.6. The van der Waals surface area contributed by atoms with E-state index in [1.807, 2.05) is 0 Å². The Labute approximate surface area is 296 Å². The molecule has 0 aromatic rings. The van der Waals surface area contributed by atoms with Gasteiger partial charge in [0.25, 0.3) is 0 Å². The van der Waals surface area contributed by atoms with Crippen LogP contribution in [-0.2, 0) is 19.1 Å². The van der Waals surface area contributed by atoms with Gasteiger partial charge in [0.05, 0.1) is 6.61 Å². The first-order valence-corrected chi connectivity index (χ1v) is 19.8. The predicted molar refractivity (Wildman–Crippen MR) is 205 cm³/mol. The van der Waals surface area contributed by atoms with E-state index >= 15 is 0 Å². The Kier molecular flexibility index (Phi) is 37.1. The fourth-order valence-corrected chi connectivity index (χ4v) is 5.30. The van der Waals surface area contributed by atoms with E-state index < -0.39 is 6.10 Å². The van der Waals surface area contributed by atoms with Crippen LogP contribution in [0.4, 0.5) is 0 Å². The van der Waals surface area contributed by atoms with Crippen molar-refractivity contribution in [3.8, 4) is 0 Å². The highest BCUT2D eigenvalue weighted by Crippen LogP contribution is 2.13. The molecule has 1 N–H and O–H groups in total. The number of hydrogen-bond donors (Lipinski definition) is 1. The Bertz CT molecular complexity index is 853. The Morgan fingerprint density at radius 2 is 0.896 bits per heavy atom. The van der Waals surface area contributed by atoms with Crippen LogP contribution in [0.5, 0.6) is 0 Å². The lowest BCUT2D eigenvalue weighted by Gasteiger charge is -2.15. The third-order valence-electron chi connectivity index (χ3n) is 8.30. The van der Waals surface area contributed by atoms with Crippen molar-refractivity contribution in [1.82, 2.24) is 0 Å². The summed E-state index contributed by atoms with van der Waals surface area (Å²) in [5, 5.41) is 9.55. The SMILES string of the molecule is CC/C=C\C/C=C\C/C=C\CCCCCCCC(=O)O[C@@H](CO)COC(=O)CCCCCCCCCCC/C=C\C/C=C\CCCCC. The molecule has 0 heterocycles. The zero-order chi connectivity index (χ0) is 35.0. The van der Waals surface area contributed by atoms with Gasteiger partial charge in [-0.2, -0.15) is 0 Å². The molecule has 0 amide bonds. The minimum absolute atomic E-state index is 0.0771. The van der Waals surface area contributed by atoms with Gasteiger partial charge in [-0.15, -0.1) is 0 Å². The fourth-order valence-electron chi connectivity index (χ4n) is 5.30. The molecule has 0 fully saturated rings. The van der Waals surface area contributed by atoms with Gasteiger partial charge >= 0.3 is 11.9 Å². The molecule has 0 unspecified atom stereocenters. The van der Waals surface area contributed by atoms with E-state index in [9.17, 15) is 14.7 Å². The molecule has 5 nitrogen and oxygen atoms in total. The van der Waals surface area contributed by atoms with Crippen LogP contribution in [0.3, 0.4) is 0 Å². The number of unbranched alkanes of at least 4 members (excludes halogenated alkanes) is 17. The minimum atomic E-state index is -0.783. The summed E-state index contributed by atoms with van der Waals surface area (Å²) in [6, 6.07) is 0. The van der Waals surface area contributed by atoms with Crippen molar-refractivity contribution < 1.29 is 24.2 Å². The van der Waals surface area contributed by atoms with Crippen molar-refractivity contribution in [2.75, 3.05) is 13.2 Å². The number of carbonyl (C=O) groups is 2. The summed E-state index contributed by atoms with van der Waals surface area (Å²) in [5.41, 5.74) is 0. The molecule has 0 radical (unpaired) electrons. The van der Waals surface area contributed by atoms with Crippen molar-refractivity contribution in [3.63, 3.8) is 0 Å². The van der Waals surface area contributed by atoms with Crippen LogP contribution in [0, 0.1) is 0 Å². The third kappa shape index (κ3) is 36.4. The first kappa shape index (κ1) is 45.6. The van der Waals surface area contributed by atoms with Crippen LogP contribution >= 0.6 is 0 Å². The van der Waals surface area contributed by atoms with Crippen molar-refractivity contribution in [2.45, 2.75) is 187 Å². The monoisotopic (exact) mass is 671 g/mol. The highest BCUT2D eigenvalue weighted by molar-refractivity contribution is 5.70. The lowest BCUT2D eigenvalue weighted by atomic mass is 10.1. The number of hydrogen-bond acceptors (Lipinski definition) is 5. The quantitative estimate of drug-likeness (QED) is 0.0413. The summed E-state index contributed by atoms with van der Waals surface area (Å²) in [6.45, 7) is 3.98. The van der Waals surface area contributed by atoms with Crippen LogP contribution in [0.2, 0.25) is 0 Å². The average molecular weight is 671 g/mol. The van der Waals surface area contributed by atoms with Crippen molar-refractivity contribution in [1.29, 1.82) is 0 Å². The Morgan fingerprint density at radius 1 is 0.500 bits per heavy atom. The molecule has 0 saturated heterocycles. The maximum atomic E-state index is 12.2. The molecule has 0 aliphatic rings. The number of aliphatic hydroxyl groups excluding tert-OH is 1. The predicted octanol–water partition coefficient (Wildman–Crippen LogP) is 12.4. The number of ether oxygens (including phenoxy) is 2. The summed E-state index contributed by atoms with van der Waals surface area (Å²) in [4.78, 5) is 24.3. The van der Waals surface area contributed by atoms with Gasteiger partial charge in [-0.05, 0) is 77.0 Å². The molecule has 0 aromatic heterocycles. The normalized spacial score (nSPS) is 12.8. The van der Waals surface area contributed by atoms with E-state index in [1.165, 1.54) is 77.0 Å². The number of carbonyl (C=O) groups excluding carboxylic acids is 2. The maximum Gasteiger partial charge on any atom is 0.306 e. The standard InChI is InChI=1S/C43H74O5/c1-3-5-7-9-11-13-15-17-19-20-21-22-24-25-27-29-31-33-35-37-42(45)47-40-41(39-44)48-43(46)38-36-34-32-30-28-26-23-18-16-14-12-10-8-6-4-2/h6,8,11-14,17-19,23,41,44H,3-5,7,9-10,15-16,20-22,24-40H2,1-2H3/b8-6-,13-11-,14-12-,19-17-,23-18-/t41-/m0/s1. The Morgan fingerprint density at radius 3 is 1.35 bits per heavy atom. The van der Waals surface area contributed by atoms with Crippen LogP contribution in [0.1, 0.15) is 181 Å². The van der Waals surface area contributed by atoms with Crippen LogP contribution in [0.25, 0.3) is 0 Å². The van der Waals surface area contributed by atoms with Crippen LogP contribution in [0.15, 0.2) is 60.8 Å². The van der Waals surface area contributed by atoms with Gasteiger partial charge in [0.1, 0.15) is 6.61 Å². The van der Waals surface area contributed by atoms with Crippen LogP contribution < -0.4 is 0 Å². The summed E-state index contributed by atoms with van der Waals surface area (Å²) in [6.07, 6.45) is 49.9. The smallest absolute Gasteiger partial charge is 0.306 e. The molecule has 1 atom stereocenters. The molecule has 0 saturated carbocycles. The number of esters is 2. The molecule has 48 heavy (non-hydrogen) atoms. The van der Waals surface area contributed by atoms with Gasteiger partial charge in [0, 0.05) is 12.8 Å². The molecular formula is C43H74O5. The topological polar surface area (TPSA) is 72.8 Å². The molecule has 0 rings (SSSR count). The minimum Gasteiger partial charge on any atom is -0.462 e. The molecule has 0 bridgehead atoms. The molecule has 0 spiro atoms. The fraction of sp³-hybridized carbons (Fsp3) is 0.721. The highest BCUT2D eigenvalue weighted by Gasteiger charge is 2.16. The molecule has 0 aliphatic carbocycles. The molecular weight excluding hydrogens is 596 g/mol. The van der Waals surface area contributed by atoms with Gasteiger partial charge in [0.15, 0.2) is 6.10 Å². The van der Waals surface area contributed by atoms with Crippen molar-refractivity contribution >= 4 is 11.9 Å². The maximum absolute atomic E-state index is 12.2. The first-order valence-electron chi connectivity index (χ1n) is 19.8. The van der Waals surface area contributed by atoms with Gasteiger partial charge in [-0.3, -0.25) is 9.59 Å². The van der Waals surface area contributed by atoms with E-state index in [1.54, 1.807) is 0 Å². The van der Waals surface area contributed by atoms with Gasteiger partial charge in [-0.1, -0.05) is 152 Å². The number of aliphatic hydroxyl groups is 1. The summed E-state index contributed by atoms with van der Waals surface area (Å²) in [7, 11) is 0. The first-order chi connectivity index (χ1) is 23.6. The number of rotatable bonds is 35. The van der Waals surface area contributed by atoms with Crippen molar-refractivity contribution in [2.24, 2.45) is 0 Å². The second kappa shape index (κ2) is 39.0. The van der Waals surface area contributed by atoms with E-state index in [0.717, 1.165) is 77.0 Å².